The monoisotopic (exact) mass is 519 g/mol. The first-order valence-electron chi connectivity index (χ1n) is 13.1. The molecule has 2 aliphatic heterocycles. The molecule has 0 radical (unpaired) electrons. The molecule has 202 valence electrons. The molecular formula is C27H45N3O5Si. The fraction of sp³-hybridized carbons (Fsp3) is 0.741. The van der Waals surface area contributed by atoms with Crippen LogP contribution in [0.1, 0.15) is 65.9 Å². The fourth-order valence-electron chi connectivity index (χ4n) is 4.66. The lowest BCUT2D eigenvalue weighted by molar-refractivity contribution is -0.148. The lowest BCUT2D eigenvalue weighted by Gasteiger charge is -2.38. The second kappa shape index (κ2) is 10.7. The maximum atomic E-state index is 12.7. The molecular weight excluding hydrogens is 474 g/mol. The van der Waals surface area contributed by atoms with Crippen LogP contribution in [0, 0.1) is 5.92 Å². The van der Waals surface area contributed by atoms with Gasteiger partial charge in [0, 0.05) is 38.3 Å². The van der Waals surface area contributed by atoms with Gasteiger partial charge >= 0.3 is 12.1 Å². The highest BCUT2D eigenvalue weighted by molar-refractivity contribution is 6.74. The number of aromatic nitrogens is 1. The van der Waals surface area contributed by atoms with E-state index in [1.165, 1.54) is 7.11 Å². The number of hydrogen-bond donors (Lipinski definition) is 0. The lowest BCUT2D eigenvalue weighted by Crippen LogP contribution is -2.47. The topological polar surface area (TPSA) is 81.2 Å². The number of pyridine rings is 1. The normalized spacial score (nSPS) is 23.5. The Kier molecular flexibility index (Phi) is 8.45. The first-order valence-corrected chi connectivity index (χ1v) is 16.0. The van der Waals surface area contributed by atoms with Crippen LogP contribution in [0.2, 0.25) is 18.1 Å². The first-order chi connectivity index (χ1) is 16.6. The summed E-state index contributed by atoms with van der Waals surface area (Å²) in [5.41, 5.74) is 0.407. The summed E-state index contributed by atoms with van der Waals surface area (Å²) in [6.45, 7) is 19.5. The average Bonchev–Trinajstić information content (AvgIpc) is 3.24. The minimum atomic E-state index is -1.81. The van der Waals surface area contributed by atoms with Crippen molar-refractivity contribution in [2.45, 2.75) is 90.1 Å². The fourth-order valence-corrected chi connectivity index (χ4v) is 6.04. The number of methoxy groups -OCH3 is 1. The number of hydrogen-bond acceptors (Lipinski definition) is 7. The maximum Gasteiger partial charge on any atom is 0.410 e. The summed E-state index contributed by atoms with van der Waals surface area (Å²) >= 11 is 0. The van der Waals surface area contributed by atoms with Crippen molar-refractivity contribution in [1.82, 2.24) is 9.88 Å². The summed E-state index contributed by atoms with van der Waals surface area (Å²) in [5, 5.41) is 0.190. The number of ether oxygens (including phenoxy) is 2. The Balaban J connectivity index is 1.67. The van der Waals surface area contributed by atoms with E-state index in [2.05, 4.69) is 44.8 Å². The lowest BCUT2D eigenvalue weighted by atomic mass is 9.81. The molecule has 36 heavy (non-hydrogen) atoms. The molecule has 9 heteroatoms. The van der Waals surface area contributed by atoms with Crippen molar-refractivity contribution >= 4 is 26.2 Å². The van der Waals surface area contributed by atoms with Crippen LogP contribution in [0.4, 0.5) is 10.6 Å². The van der Waals surface area contributed by atoms with E-state index in [9.17, 15) is 9.59 Å². The van der Waals surface area contributed by atoms with E-state index in [0.29, 0.717) is 13.0 Å². The third kappa shape index (κ3) is 6.79. The van der Waals surface area contributed by atoms with Crippen LogP contribution in [0.5, 0.6) is 0 Å². The zero-order chi connectivity index (χ0) is 26.9. The third-order valence-corrected chi connectivity index (χ3v) is 12.2. The molecule has 0 aromatic carbocycles. The summed E-state index contributed by atoms with van der Waals surface area (Å²) in [5.74, 6) is 0.0902. The predicted octanol–water partition coefficient (Wildman–Crippen LogP) is 5.20. The summed E-state index contributed by atoms with van der Waals surface area (Å²) in [6.07, 6.45) is 3.36. The van der Waals surface area contributed by atoms with Gasteiger partial charge in [0.05, 0.1) is 19.1 Å². The number of carbonyl (C=O) groups excluding carboxylic acids is 2. The molecule has 0 spiro atoms. The Bertz CT molecular complexity index is 923. The smallest absolute Gasteiger partial charge is 0.410 e. The minimum Gasteiger partial charge on any atom is -0.469 e. The van der Waals surface area contributed by atoms with Crippen LogP contribution < -0.4 is 4.90 Å². The number of likely N-dealkylation sites (tertiary alicyclic amines) is 1. The van der Waals surface area contributed by atoms with Crippen molar-refractivity contribution in [2.75, 3.05) is 38.2 Å². The Morgan fingerprint density at radius 2 is 1.72 bits per heavy atom. The van der Waals surface area contributed by atoms with E-state index >= 15 is 0 Å². The molecule has 1 aromatic rings. The second-order valence-corrected chi connectivity index (χ2v) is 17.4. The van der Waals surface area contributed by atoms with Crippen LogP contribution in [-0.2, 0) is 18.7 Å². The van der Waals surface area contributed by atoms with Gasteiger partial charge in [0.25, 0.3) is 0 Å². The molecule has 0 N–H and O–H groups in total. The summed E-state index contributed by atoms with van der Waals surface area (Å²) < 4.78 is 17.2. The zero-order valence-corrected chi connectivity index (χ0v) is 24.6. The number of amides is 1. The Morgan fingerprint density at radius 1 is 1.03 bits per heavy atom. The number of esters is 1. The van der Waals surface area contributed by atoms with Crippen LogP contribution in [-0.4, -0.2) is 75.3 Å². The molecule has 2 saturated heterocycles. The van der Waals surface area contributed by atoms with Crippen molar-refractivity contribution < 1.29 is 23.5 Å². The van der Waals surface area contributed by atoms with E-state index in [4.69, 9.17) is 18.9 Å². The van der Waals surface area contributed by atoms with Crippen molar-refractivity contribution in [2.24, 2.45) is 5.92 Å². The molecule has 0 saturated carbocycles. The molecule has 1 amide bonds. The van der Waals surface area contributed by atoms with Gasteiger partial charge in [-0.15, -0.1) is 0 Å². The quantitative estimate of drug-likeness (QED) is 0.391. The molecule has 2 fully saturated rings. The highest BCUT2D eigenvalue weighted by Crippen LogP contribution is 2.39. The van der Waals surface area contributed by atoms with E-state index < -0.39 is 25.9 Å². The molecule has 3 rings (SSSR count). The van der Waals surface area contributed by atoms with Gasteiger partial charge in [-0.3, -0.25) is 4.79 Å². The number of carbonyl (C=O) groups is 2. The molecule has 2 aliphatic rings. The van der Waals surface area contributed by atoms with E-state index in [0.717, 1.165) is 30.9 Å². The number of nitrogens with zero attached hydrogens (tertiary/aromatic N) is 3. The van der Waals surface area contributed by atoms with Gasteiger partial charge in [-0.1, -0.05) is 26.8 Å². The Morgan fingerprint density at radius 3 is 2.28 bits per heavy atom. The maximum absolute atomic E-state index is 12.7. The zero-order valence-electron chi connectivity index (χ0n) is 23.6. The van der Waals surface area contributed by atoms with Gasteiger partial charge in [-0.2, -0.15) is 0 Å². The first kappa shape index (κ1) is 28.4. The van der Waals surface area contributed by atoms with Gasteiger partial charge in [0.15, 0.2) is 8.32 Å². The van der Waals surface area contributed by atoms with Crippen molar-refractivity contribution in [1.29, 1.82) is 0 Å². The van der Waals surface area contributed by atoms with Gasteiger partial charge in [0.1, 0.15) is 11.4 Å². The van der Waals surface area contributed by atoms with E-state index in [-0.39, 0.29) is 29.6 Å². The molecule has 3 atom stereocenters. The van der Waals surface area contributed by atoms with Crippen LogP contribution >= 0.6 is 0 Å². The van der Waals surface area contributed by atoms with Crippen molar-refractivity contribution in [3.63, 3.8) is 0 Å². The Labute approximate surface area is 217 Å². The van der Waals surface area contributed by atoms with Gasteiger partial charge in [-0.25, -0.2) is 9.78 Å². The van der Waals surface area contributed by atoms with Gasteiger partial charge in [-0.05, 0) is 63.4 Å². The molecule has 8 nitrogen and oxygen atoms in total. The number of anilines is 1. The standard InChI is InChI=1S/C27H45N3O5Si/c1-26(2,3)34-25(32)30-15-13-21(22(18-30)24(31)33-7)19-10-11-23(28-16-19)29-14-12-20(17-29)35-36(8,9)27(4,5)6/h10-11,16,20-22H,12-15,17-18H2,1-9H3/t20-,21-,22+/m0/s1. The molecule has 1 aromatic heterocycles. The number of piperidine rings is 1. The summed E-state index contributed by atoms with van der Waals surface area (Å²) in [6, 6.07) is 4.10. The van der Waals surface area contributed by atoms with Crippen molar-refractivity contribution in [3.05, 3.63) is 23.9 Å². The van der Waals surface area contributed by atoms with Crippen LogP contribution in [0.25, 0.3) is 0 Å². The highest BCUT2D eigenvalue weighted by atomic mass is 28.4. The highest BCUT2D eigenvalue weighted by Gasteiger charge is 2.41. The summed E-state index contributed by atoms with van der Waals surface area (Å²) in [7, 11) is -0.417. The second-order valence-electron chi connectivity index (χ2n) is 12.6. The van der Waals surface area contributed by atoms with Gasteiger partial charge in [0.2, 0.25) is 0 Å². The number of rotatable bonds is 5. The third-order valence-electron chi connectivity index (χ3n) is 7.70. The van der Waals surface area contributed by atoms with E-state index in [1.54, 1.807) is 4.90 Å². The molecule has 3 heterocycles. The molecule has 0 bridgehead atoms. The van der Waals surface area contributed by atoms with E-state index in [1.807, 2.05) is 33.0 Å². The van der Waals surface area contributed by atoms with Crippen molar-refractivity contribution in [3.8, 4) is 0 Å². The summed E-state index contributed by atoms with van der Waals surface area (Å²) in [4.78, 5) is 33.9. The predicted molar refractivity (Wildman–Crippen MR) is 144 cm³/mol. The SMILES string of the molecule is COC(=O)[C@@H]1CN(C(=O)OC(C)(C)C)CC[C@H]1c1ccc(N2CC[C@H](O[Si](C)(C)C(C)(C)C)C2)nc1. The average molecular weight is 520 g/mol. The van der Waals surface area contributed by atoms with Gasteiger partial charge < -0.3 is 23.7 Å². The largest absolute Gasteiger partial charge is 0.469 e. The molecule has 0 aliphatic carbocycles. The van der Waals surface area contributed by atoms with Crippen LogP contribution in [0.3, 0.4) is 0 Å². The van der Waals surface area contributed by atoms with Crippen LogP contribution in [0.15, 0.2) is 18.3 Å². The minimum absolute atomic E-state index is 0.0640. The Hall–Kier alpha value is -2.13. The molecule has 0 unspecified atom stereocenters.